The second kappa shape index (κ2) is 6.28. The molecule has 0 spiro atoms. The van der Waals surface area contributed by atoms with E-state index in [-0.39, 0.29) is 11.1 Å². The SMILES string of the molecule is CSc1nc2ccc(NC(=O)C(C)=C(C)C(=O)O)cc2s1. The molecule has 2 N–H and O–H groups in total. The molecule has 0 fully saturated rings. The molecule has 0 aliphatic carbocycles. The van der Waals surface area contributed by atoms with Gasteiger partial charge >= 0.3 is 5.97 Å². The van der Waals surface area contributed by atoms with E-state index in [2.05, 4.69) is 10.3 Å². The van der Waals surface area contributed by atoms with Crippen LogP contribution < -0.4 is 5.32 Å². The largest absolute Gasteiger partial charge is 0.478 e. The third-order valence-corrected chi connectivity index (χ3v) is 5.03. The second-order valence-electron chi connectivity index (χ2n) is 4.38. The van der Waals surface area contributed by atoms with Gasteiger partial charge in [-0.05, 0) is 38.3 Å². The van der Waals surface area contributed by atoms with E-state index in [4.69, 9.17) is 5.11 Å². The molecule has 0 aliphatic heterocycles. The minimum Gasteiger partial charge on any atom is -0.478 e. The molecule has 0 aliphatic rings. The number of amides is 1. The number of thioether (sulfide) groups is 1. The number of anilines is 1. The molecule has 0 radical (unpaired) electrons. The van der Waals surface area contributed by atoms with E-state index in [1.165, 1.54) is 13.8 Å². The average Bonchev–Trinajstić information content (AvgIpc) is 2.87. The Kier molecular flexibility index (Phi) is 4.64. The van der Waals surface area contributed by atoms with Crippen molar-refractivity contribution >= 4 is 50.9 Å². The van der Waals surface area contributed by atoms with Gasteiger partial charge in [-0.15, -0.1) is 11.3 Å². The van der Waals surface area contributed by atoms with E-state index in [0.717, 1.165) is 14.6 Å². The Labute approximate surface area is 130 Å². The second-order valence-corrected chi connectivity index (χ2v) is 6.46. The van der Waals surface area contributed by atoms with Gasteiger partial charge in [0.25, 0.3) is 5.91 Å². The van der Waals surface area contributed by atoms with Gasteiger partial charge in [-0.1, -0.05) is 11.8 Å². The summed E-state index contributed by atoms with van der Waals surface area (Å²) < 4.78 is 1.94. The zero-order valence-electron chi connectivity index (χ0n) is 11.8. The number of aliphatic carboxylic acids is 1. The number of nitrogens with zero attached hydrogens (tertiary/aromatic N) is 1. The summed E-state index contributed by atoms with van der Waals surface area (Å²) in [7, 11) is 0. The number of rotatable bonds is 4. The Hall–Kier alpha value is -1.86. The van der Waals surface area contributed by atoms with Crippen molar-refractivity contribution in [2.24, 2.45) is 0 Å². The van der Waals surface area contributed by atoms with Crippen LogP contribution in [0.25, 0.3) is 10.2 Å². The molecule has 5 nitrogen and oxygen atoms in total. The fourth-order valence-corrected chi connectivity index (χ4v) is 3.15. The van der Waals surface area contributed by atoms with Gasteiger partial charge < -0.3 is 10.4 Å². The molecule has 1 aromatic heterocycles. The molecule has 1 heterocycles. The number of aromatic nitrogens is 1. The van der Waals surface area contributed by atoms with Gasteiger partial charge in [0, 0.05) is 16.8 Å². The van der Waals surface area contributed by atoms with E-state index >= 15 is 0 Å². The third kappa shape index (κ3) is 3.43. The first kappa shape index (κ1) is 15.5. The molecule has 0 bridgehead atoms. The monoisotopic (exact) mass is 322 g/mol. The lowest BCUT2D eigenvalue weighted by atomic mass is 10.1. The highest BCUT2D eigenvalue weighted by Gasteiger charge is 2.13. The van der Waals surface area contributed by atoms with Gasteiger partial charge in [0.2, 0.25) is 0 Å². The summed E-state index contributed by atoms with van der Waals surface area (Å²) in [5.74, 6) is -1.51. The molecule has 1 amide bonds. The molecule has 0 saturated heterocycles. The first-order valence-corrected chi connectivity index (χ1v) is 8.13. The maximum atomic E-state index is 12.0. The van der Waals surface area contributed by atoms with Gasteiger partial charge in [0.1, 0.15) is 0 Å². The normalized spacial score (nSPS) is 12.1. The van der Waals surface area contributed by atoms with Crippen LogP contribution in [0.1, 0.15) is 13.8 Å². The summed E-state index contributed by atoms with van der Waals surface area (Å²) in [5.41, 5.74) is 1.74. The highest BCUT2D eigenvalue weighted by Crippen LogP contribution is 2.30. The van der Waals surface area contributed by atoms with Crippen molar-refractivity contribution in [1.82, 2.24) is 4.98 Å². The first-order chi connectivity index (χ1) is 9.92. The number of carbonyl (C=O) groups is 2. The predicted molar refractivity (Wildman–Crippen MR) is 86.0 cm³/mol. The Balaban J connectivity index is 2.25. The third-order valence-electron chi connectivity index (χ3n) is 3.03. The summed E-state index contributed by atoms with van der Waals surface area (Å²) in [6.45, 7) is 2.91. The molecule has 0 unspecified atom stereocenters. The van der Waals surface area contributed by atoms with E-state index in [1.807, 2.05) is 18.4 Å². The number of carbonyl (C=O) groups excluding carboxylic acids is 1. The number of benzene rings is 1. The van der Waals surface area contributed by atoms with Gasteiger partial charge in [-0.2, -0.15) is 0 Å². The van der Waals surface area contributed by atoms with Crippen molar-refractivity contribution in [3.63, 3.8) is 0 Å². The van der Waals surface area contributed by atoms with Gasteiger partial charge in [0.15, 0.2) is 4.34 Å². The molecular weight excluding hydrogens is 308 g/mol. The van der Waals surface area contributed by atoms with Crippen molar-refractivity contribution in [3.8, 4) is 0 Å². The Bertz CT molecular complexity index is 750. The summed E-state index contributed by atoms with van der Waals surface area (Å²) >= 11 is 3.13. The van der Waals surface area contributed by atoms with Crippen LogP contribution in [0.3, 0.4) is 0 Å². The lowest BCUT2D eigenvalue weighted by Crippen LogP contribution is -2.16. The van der Waals surface area contributed by atoms with Crippen LogP contribution in [0.15, 0.2) is 33.7 Å². The number of thiazole rings is 1. The number of nitrogens with one attached hydrogen (secondary N) is 1. The van der Waals surface area contributed by atoms with Crippen LogP contribution in [0.4, 0.5) is 5.69 Å². The van der Waals surface area contributed by atoms with Crippen LogP contribution >= 0.6 is 23.1 Å². The fraction of sp³-hybridized carbons (Fsp3) is 0.214. The summed E-state index contributed by atoms with van der Waals surface area (Å²) in [6, 6.07) is 5.44. The predicted octanol–water partition coefficient (Wildman–Crippen LogP) is 3.38. The van der Waals surface area contributed by atoms with Crippen molar-refractivity contribution in [2.75, 3.05) is 11.6 Å². The Morgan fingerprint density at radius 2 is 2.00 bits per heavy atom. The topological polar surface area (TPSA) is 79.3 Å². The number of fused-ring (bicyclic) bond motifs is 1. The van der Waals surface area contributed by atoms with Crippen molar-refractivity contribution in [2.45, 2.75) is 18.2 Å². The van der Waals surface area contributed by atoms with E-state index in [9.17, 15) is 9.59 Å². The van der Waals surface area contributed by atoms with Crippen LogP contribution in [0.5, 0.6) is 0 Å². The average molecular weight is 322 g/mol. The summed E-state index contributed by atoms with van der Waals surface area (Å²) in [5, 5.41) is 11.6. The summed E-state index contributed by atoms with van der Waals surface area (Å²) in [4.78, 5) is 27.3. The lowest BCUT2D eigenvalue weighted by Gasteiger charge is -2.06. The van der Waals surface area contributed by atoms with E-state index in [0.29, 0.717) is 5.69 Å². The Morgan fingerprint density at radius 1 is 1.29 bits per heavy atom. The number of carboxylic acids is 1. The lowest BCUT2D eigenvalue weighted by molar-refractivity contribution is -0.133. The maximum absolute atomic E-state index is 12.0. The summed E-state index contributed by atoms with van der Waals surface area (Å²) in [6.07, 6.45) is 1.96. The molecule has 2 rings (SSSR count). The van der Waals surface area contributed by atoms with Gasteiger partial charge in [0.05, 0.1) is 10.2 Å². The standard InChI is InChI=1S/C14H14N2O3S2/c1-7(8(2)13(18)19)12(17)15-9-4-5-10-11(6-9)21-14(16-10)20-3/h4-6H,1-3H3,(H,15,17)(H,18,19). The van der Waals surface area contributed by atoms with Crippen molar-refractivity contribution in [1.29, 1.82) is 0 Å². The number of hydrogen-bond acceptors (Lipinski definition) is 5. The molecule has 21 heavy (non-hydrogen) atoms. The fourth-order valence-electron chi connectivity index (χ4n) is 1.62. The van der Waals surface area contributed by atoms with Crippen molar-refractivity contribution in [3.05, 3.63) is 29.3 Å². The van der Waals surface area contributed by atoms with Crippen LogP contribution in [0, 0.1) is 0 Å². The Morgan fingerprint density at radius 3 is 2.62 bits per heavy atom. The zero-order valence-corrected chi connectivity index (χ0v) is 13.4. The van der Waals surface area contributed by atoms with Gasteiger partial charge in [-0.25, -0.2) is 9.78 Å². The molecule has 0 saturated carbocycles. The molecule has 2 aromatic rings. The maximum Gasteiger partial charge on any atom is 0.331 e. The number of hydrogen-bond donors (Lipinski definition) is 2. The van der Waals surface area contributed by atoms with Crippen LogP contribution in [-0.2, 0) is 9.59 Å². The zero-order chi connectivity index (χ0) is 15.6. The molecule has 110 valence electrons. The molecular formula is C14H14N2O3S2. The molecule has 0 atom stereocenters. The van der Waals surface area contributed by atoms with E-state index < -0.39 is 11.9 Å². The molecule has 1 aromatic carbocycles. The smallest absolute Gasteiger partial charge is 0.331 e. The first-order valence-electron chi connectivity index (χ1n) is 6.09. The van der Waals surface area contributed by atoms with Gasteiger partial charge in [-0.3, -0.25) is 4.79 Å². The van der Waals surface area contributed by atoms with E-state index in [1.54, 1.807) is 29.2 Å². The minimum atomic E-state index is -1.09. The van der Waals surface area contributed by atoms with Crippen LogP contribution in [0.2, 0.25) is 0 Å². The van der Waals surface area contributed by atoms with Crippen LogP contribution in [-0.4, -0.2) is 28.2 Å². The quantitative estimate of drug-likeness (QED) is 0.666. The molecule has 7 heteroatoms. The van der Waals surface area contributed by atoms with Crippen molar-refractivity contribution < 1.29 is 14.7 Å². The highest BCUT2D eigenvalue weighted by atomic mass is 32.2. The number of carboxylic acid groups (broad SMARTS) is 1. The minimum absolute atomic E-state index is 0.0380. The highest BCUT2D eigenvalue weighted by molar-refractivity contribution is 8.00.